The Morgan fingerprint density at radius 3 is 2.71 bits per heavy atom. The fourth-order valence-electron chi connectivity index (χ4n) is 3.60. The van der Waals surface area contributed by atoms with Gasteiger partial charge in [-0.1, -0.05) is 24.3 Å². The van der Waals surface area contributed by atoms with Crippen molar-refractivity contribution < 1.29 is 13.2 Å². The maximum Gasteiger partial charge on any atom is 0.221 e. The average Bonchev–Trinajstić information content (AvgIpc) is 2.69. The monoisotopic (exact) mass is 565 g/mol. The number of nitrogens with two attached hydrogens (primary N) is 1. The fraction of sp³-hybridized carbons (Fsp3) is 0.619. The molecule has 2 rings (SSSR count). The lowest BCUT2D eigenvalue weighted by molar-refractivity contribution is -0.123. The van der Waals surface area contributed by atoms with Crippen molar-refractivity contribution in [2.45, 2.75) is 45.3 Å². The summed E-state index contributed by atoms with van der Waals surface area (Å²) in [6, 6.07) is 8.33. The molecule has 0 aliphatic carbocycles. The largest absolute Gasteiger partial charge is 0.369 e. The highest BCUT2D eigenvalue weighted by molar-refractivity contribution is 14.0. The van der Waals surface area contributed by atoms with Gasteiger partial charge < -0.3 is 16.4 Å². The predicted octanol–water partition coefficient (Wildman–Crippen LogP) is 1.49. The molecular formula is C21H36IN5O3S. The Balaban J connectivity index is 0.00000480. The summed E-state index contributed by atoms with van der Waals surface area (Å²) in [5.74, 6) is 0.527. The van der Waals surface area contributed by atoms with Crippen LogP contribution in [0.25, 0.3) is 0 Å². The van der Waals surface area contributed by atoms with E-state index in [9.17, 15) is 13.2 Å². The molecule has 2 unspecified atom stereocenters. The number of guanidine groups is 1. The van der Waals surface area contributed by atoms with Crippen LogP contribution in [0.2, 0.25) is 0 Å². The molecule has 176 valence electrons. The summed E-state index contributed by atoms with van der Waals surface area (Å²) in [5, 5.41) is 6.51. The van der Waals surface area contributed by atoms with Crippen LogP contribution < -0.4 is 16.4 Å². The van der Waals surface area contributed by atoms with Gasteiger partial charge in [-0.25, -0.2) is 8.42 Å². The molecule has 1 saturated heterocycles. The third kappa shape index (κ3) is 10.6. The van der Waals surface area contributed by atoms with Crippen molar-refractivity contribution in [2.75, 3.05) is 32.1 Å². The molecule has 0 bridgehead atoms. The summed E-state index contributed by atoms with van der Waals surface area (Å²) in [6.45, 7) is 5.05. The van der Waals surface area contributed by atoms with Gasteiger partial charge in [0.05, 0.1) is 11.7 Å². The number of likely N-dealkylation sites (tertiary alicyclic amines) is 1. The van der Waals surface area contributed by atoms with Crippen molar-refractivity contribution in [2.24, 2.45) is 16.6 Å². The van der Waals surface area contributed by atoms with E-state index in [1.54, 1.807) is 7.05 Å². The zero-order valence-corrected chi connectivity index (χ0v) is 21.8. The topological polar surface area (TPSA) is 117 Å². The summed E-state index contributed by atoms with van der Waals surface area (Å²) in [6.07, 6.45) is 3.65. The maximum absolute atomic E-state index is 11.5. The number of nitrogens with zero attached hydrogens (tertiary/aromatic N) is 2. The van der Waals surface area contributed by atoms with Crippen LogP contribution in [0.15, 0.2) is 29.3 Å². The first-order chi connectivity index (χ1) is 14.2. The third-order valence-electron chi connectivity index (χ3n) is 5.29. The van der Waals surface area contributed by atoms with Crippen LogP contribution in [0, 0.1) is 5.92 Å². The minimum Gasteiger partial charge on any atom is -0.369 e. The molecule has 8 nitrogen and oxygen atoms in total. The molecule has 0 spiro atoms. The Hall–Kier alpha value is -1.40. The number of carbonyl (C=O) groups is 1. The Bertz CT molecular complexity index is 847. The quantitative estimate of drug-likeness (QED) is 0.238. The number of amides is 1. The fourth-order valence-corrected chi connectivity index (χ4v) is 4.39. The first-order valence-corrected chi connectivity index (χ1v) is 12.5. The predicted molar refractivity (Wildman–Crippen MR) is 136 cm³/mol. The highest BCUT2D eigenvalue weighted by Crippen LogP contribution is 2.18. The molecule has 0 aromatic heterocycles. The lowest BCUT2D eigenvalue weighted by Crippen LogP contribution is -2.42. The van der Waals surface area contributed by atoms with Crippen LogP contribution in [-0.2, 0) is 27.7 Å². The zero-order valence-electron chi connectivity index (χ0n) is 18.6. The van der Waals surface area contributed by atoms with Gasteiger partial charge in [0.15, 0.2) is 5.96 Å². The number of nitrogens with one attached hydrogen (secondary N) is 2. The summed E-state index contributed by atoms with van der Waals surface area (Å²) in [5.41, 5.74) is 7.81. The number of piperidine rings is 1. The van der Waals surface area contributed by atoms with Crippen molar-refractivity contribution in [3.63, 3.8) is 0 Å². The number of sulfone groups is 1. The van der Waals surface area contributed by atoms with E-state index in [-0.39, 0.29) is 47.6 Å². The number of benzene rings is 1. The standard InChI is InChI=1S/C21H35N5O3S.HI/c1-16(9-11-30(3,28)29)25-21(23-2)24-13-17-6-4-7-18(12-17)14-26-10-5-8-19(15-26)20(22)27;/h4,6-7,12,16,19H,5,8-11,13-15H2,1-3H3,(H2,22,27)(H2,23,24,25);1H. The average molecular weight is 566 g/mol. The highest BCUT2D eigenvalue weighted by Gasteiger charge is 2.23. The van der Waals surface area contributed by atoms with Crippen LogP contribution >= 0.6 is 24.0 Å². The Morgan fingerprint density at radius 1 is 1.35 bits per heavy atom. The Kier molecular flexibility index (Phi) is 11.8. The molecule has 1 aromatic carbocycles. The second kappa shape index (κ2) is 13.2. The SMILES string of the molecule is CN=C(NCc1cccc(CN2CCCC(C(N)=O)C2)c1)NC(C)CCS(C)(=O)=O.I. The molecule has 1 aliphatic heterocycles. The van der Waals surface area contributed by atoms with E-state index in [4.69, 9.17) is 5.73 Å². The molecule has 1 aromatic rings. The normalized spacial score (nSPS) is 18.7. The maximum atomic E-state index is 11.5. The second-order valence-electron chi connectivity index (χ2n) is 8.19. The van der Waals surface area contributed by atoms with Crippen molar-refractivity contribution in [1.82, 2.24) is 15.5 Å². The van der Waals surface area contributed by atoms with Gasteiger partial charge in [0.2, 0.25) is 5.91 Å². The van der Waals surface area contributed by atoms with E-state index < -0.39 is 9.84 Å². The molecule has 10 heteroatoms. The van der Waals surface area contributed by atoms with Crippen molar-refractivity contribution in [3.8, 4) is 0 Å². The molecule has 4 N–H and O–H groups in total. The van der Waals surface area contributed by atoms with E-state index in [0.717, 1.165) is 38.0 Å². The molecule has 2 atom stereocenters. The summed E-state index contributed by atoms with van der Waals surface area (Å²) < 4.78 is 22.7. The molecule has 1 aliphatic rings. The number of primary amides is 1. The molecule has 1 fully saturated rings. The Labute approximate surface area is 203 Å². The van der Waals surface area contributed by atoms with Gasteiger partial charge in [0.25, 0.3) is 0 Å². The number of aliphatic imine (C=N–C) groups is 1. The molecule has 0 radical (unpaired) electrons. The first kappa shape index (κ1) is 27.6. The van der Waals surface area contributed by atoms with Gasteiger partial charge in [-0.15, -0.1) is 24.0 Å². The minimum atomic E-state index is -2.97. The number of hydrogen-bond donors (Lipinski definition) is 3. The zero-order chi connectivity index (χ0) is 22.1. The van der Waals surface area contributed by atoms with Crippen molar-refractivity contribution in [3.05, 3.63) is 35.4 Å². The molecular weight excluding hydrogens is 529 g/mol. The minimum absolute atomic E-state index is 0. The van der Waals surface area contributed by atoms with E-state index >= 15 is 0 Å². The Morgan fingerprint density at radius 2 is 2.06 bits per heavy atom. The van der Waals surface area contributed by atoms with Crippen LogP contribution in [0.3, 0.4) is 0 Å². The van der Waals surface area contributed by atoms with E-state index in [2.05, 4.69) is 38.7 Å². The van der Waals surface area contributed by atoms with Crippen LogP contribution in [0.4, 0.5) is 0 Å². The first-order valence-electron chi connectivity index (χ1n) is 10.4. The number of rotatable bonds is 9. The van der Waals surface area contributed by atoms with E-state index in [0.29, 0.717) is 18.9 Å². The van der Waals surface area contributed by atoms with Crippen LogP contribution in [0.5, 0.6) is 0 Å². The van der Waals surface area contributed by atoms with Crippen molar-refractivity contribution in [1.29, 1.82) is 0 Å². The molecule has 31 heavy (non-hydrogen) atoms. The summed E-state index contributed by atoms with van der Waals surface area (Å²) >= 11 is 0. The van der Waals surface area contributed by atoms with Gasteiger partial charge in [0, 0.05) is 39.0 Å². The van der Waals surface area contributed by atoms with Crippen molar-refractivity contribution >= 4 is 45.7 Å². The number of hydrogen-bond acceptors (Lipinski definition) is 5. The van der Waals surface area contributed by atoms with Crippen LogP contribution in [0.1, 0.15) is 37.3 Å². The van der Waals surface area contributed by atoms with Gasteiger partial charge in [0.1, 0.15) is 9.84 Å². The molecule has 0 saturated carbocycles. The van der Waals surface area contributed by atoms with E-state index in [1.807, 2.05) is 13.0 Å². The van der Waals surface area contributed by atoms with E-state index in [1.165, 1.54) is 11.8 Å². The summed E-state index contributed by atoms with van der Waals surface area (Å²) in [7, 11) is -1.28. The van der Waals surface area contributed by atoms with Gasteiger partial charge >= 0.3 is 0 Å². The van der Waals surface area contributed by atoms with Gasteiger partial charge in [-0.2, -0.15) is 0 Å². The van der Waals surface area contributed by atoms with Crippen LogP contribution in [-0.4, -0.2) is 63.4 Å². The third-order valence-corrected chi connectivity index (χ3v) is 6.27. The lowest BCUT2D eigenvalue weighted by Gasteiger charge is -2.31. The number of halogens is 1. The lowest BCUT2D eigenvalue weighted by atomic mass is 9.97. The van der Waals surface area contributed by atoms with Gasteiger partial charge in [-0.05, 0) is 43.9 Å². The molecule has 1 heterocycles. The number of carbonyl (C=O) groups excluding carboxylic acids is 1. The molecule has 1 amide bonds. The summed E-state index contributed by atoms with van der Waals surface area (Å²) in [4.78, 5) is 18.0. The van der Waals surface area contributed by atoms with Gasteiger partial charge in [-0.3, -0.25) is 14.7 Å². The second-order valence-corrected chi connectivity index (χ2v) is 10.4. The smallest absolute Gasteiger partial charge is 0.221 e. The highest BCUT2D eigenvalue weighted by atomic mass is 127.